The standard InChI is InChI=1S/C36H26/c1-3-11-25-23(9-1)17-19-33-29(27-13-5-7-15-31(27)35(25)33)21-22-30-28-14-6-8-16-32(28)36-26-12-4-2-10-24(26)18-20-34(30)36/h1-9,11-20,29H,10,21-22H2. The minimum atomic E-state index is 0.427. The van der Waals surface area contributed by atoms with E-state index in [2.05, 4.69) is 115 Å². The lowest BCUT2D eigenvalue weighted by atomic mass is 9.88. The summed E-state index contributed by atoms with van der Waals surface area (Å²) in [6.45, 7) is 0. The first-order chi connectivity index (χ1) is 17.9. The molecule has 8 rings (SSSR count). The van der Waals surface area contributed by atoms with Crippen molar-refractivity contribution in [1.82, 2.24) is 0 Å². The van der Waals surface area contributed by atoms with Crippen LogP contribution in [0.2, 0.25) is 0 Å². The molecule has 36 heavy (non-hydrogen) atoms. The Kier molecular flexibility index (Phi) is 4.28. The molecule has 3 aliphatic carbocycles. The summed E-state index contributed by atoms with van der Waals surface area (Å²) in [5.74, 6) is 0.427. The Morgan fingerprint density at radius 2 is 1.50 bits per heavy atom. The topological polar surface area (TPSA) is 0 Å². The van der Waals surface area contributed by atoms with Gasteiger partial charge in [0.15, 0.2) is 0 Å². The van der Waals surface area contributed by atoms with Gasteiger partial charge in [0.2, 0.25) is 0 Å². The van der Waals surface area contributed by atoms with Gasteiger partial charge in [-0.05, 0) is 89.9 Å². The molecular formula is C36H26. The molecule has 170 valence electrons. The molecule has 0 saturated heterocycles. The summed E-state index contributed by atoms with van der Waals surface area (Å²) in [5.41, 5.74) is 10.2. The van der Waals surface area contributed by atoms with E-state index < -0.39 is 0 Å². The van der Waals surface area contributed by atoms with Crippen molar-refractivity contribution in [3.8, 4) is 11.1 Å². The predicted molar refractivity (Wildman–Crippen MR) is 150 cm³/mol. The summed E-state index contributed by atoms with van der Waals surface area (Å²) < 4.78 is 0. The molecule has 0 amide bonds. The molecule has 0 spiro atoms. The Morgan fingerprint density at radius 1 is 0.667 bits per heavy atom. The van der Waals surface area contributed by atoms with Crippen LogP contribution in [0.1, 0.15) is 41.0 Å². The van der Waals surface area contributed by atoms with Crippen LogP contribution in [-0.4, -0.2) is 0 Å². The van der Waals surface area contributed by atoms with Crippen LogP contribution in [0.4, 0.5) is 0 Å². The fraction of sp³-hybridized carbons (Fsp3) is 0.111. The highest BCUT2D eigenvalue weighted by atomic mass is 14.3. The number of hydrogen-bond acceptors (Lipinski definition) is 0. The van der Waals surface area contributed by atoms with Crippen molar-refractivity contribution >= 4 is 22.4 Å². The maximum absolute atomic E-state index is 2.39. The van der Waals surface area contributed by atoms with Crippen molar-refractivity contribution in [3.05, 3.63) is 152 Å². The Labute approximate surface area is 210 Å². The second kappa shape index (κ2) is 7.67. The SMILES string of the molecule is C1=CCc2ccc3c(c2=C1)=c1ccccc1=C3CCC1c2ccccc2-c2c1ccc1ccccc21. The van der Waals surface area contributed by atoms with Crippen LogP contribution in [0.15, 0.2) is 109 Å². The zero-order valence-electron chi connectivity index (χ0n) is 20.2. The van der Waals surface area contributed by atoms with Gasteiger partial charge in [0.25, 0.3) is 0 Å². The van der Waals surface area contributed by atoms with Crippen LogP contribution in [0.3, 0.4) is 0 Å². The zero-order valence-corrected chi connectivity index (χ0v) is 20.2. The summed E-state index contributed by atoms with van der Waals surface area (Å²) in [6.07, 6.45) is 10.0. The first-order valence-electron chi connectivity index (χ1n) is 13.1. The molecule has 0 nitrogen and oxygen atoms in total. The van der Waals surface area contributed by atoms with Gasteiger partial charge in [-0.2, -0.15) is 0 Å². The Hall–Kier alpha value is -4.16. The number of rotatable bonds is 3. The largest absolute Gasteiger partial charge is 0.0801 e. The third-order valence-corrected chi connectivity index (χ3v) is 8.54. The van der Waals surface area contributed by atoms with Gasteiger partial charge in [-0.1, -0.05) is 115 Å². The highest BCUT2D eigenvalue weighted by Gasteiger charge is 2.30. The molecule has 0 saturated carbocycles. The second-order valence-corrected chi connectivity index (χ2v) is 10.3. The average molecular weight is 459 g/mol. The molecule has 1 atom stereocenters. The van der Waals surface area contributed by atoms with Crippen LogP contribution in [0.5, 0.6) is 0 Å². The highest BCUT2D eigenvalue weighted by molar-refractivity contribution is 6.01. The van der Waals surface area contributed by atoms with Gasteiger partial charge in [-0.3, -0.25) is 0 Å². The van der Waals surface area contributed by atoms with Crippen LogP contribution in [0.25, 0.3) is 33.5 Å². The Morgan fingerprint density at radius 3 is 2.47 bits per heavy atom. The molecule has 0 heteroatoms. The van der Waals surface area contributed by atoms with Gasteiger partial charge in [0.1, 0.15) is 0 Å². The summed E-state index contributed by atoms with van der Waals surface area (Å²) in [6, 6.07) is 36.4. The molecule has 0 radical (unpaired) electrons. The van der Waals surface area contributed by atoms with E-state index in [0.29, 0.717) is 5.92 Å². The molecule has 0 aliphatic heterocycles. The third kappa shape index (κ3) is 2.76. The minimum Gasteiger partial charge on any atom is -0.0801 e. The monoisotopic (exact) mass is 458 g/mol. The van der Waals surface area contributed by atoms with Gasteiger partial charge in [-0.25, -0.2) is 0 Å². The van der Waals surface area contributed by atoms with E-state index in [1.165, 1.54) is 70.6 Å². The molecule has 1 unspecified atom stereocenters. The van der Waals surface area contributed by atoms with Gasteiger partial charge in [-0.15, -0.1) is 0 Å². The predicted octanol–water partition coefficient (Wildman–Crippen LogP) is 7.12. The van der Waals surface area contributed by atoms with Crippen LogP contribution in [-0.2, 0) is 6.42 Å². The number of benzene rings is 5. The Balaban J connectivity index is 1.27. The quantitative estimate of drug-likeness (QED) is 0.270. The van der Waals surface area contributed by atoms with Crippen molar-refractivity contribution in [2.24, 2.45) is 0 Å². The van der Waals surface area contributed by atoms with E-state index in [1.807, 2.05) is 0 Å². The second-order valence-electron chi connectivity index (χ2n) is 10.3. The van der Waals surface area contributed by atoms with E-state index >= 15 is 0 Å². The van der Waals surface area contributed by atoms with Gasteiger partial charge in [0, 0.05) is 5.92 Å². The zero-order chi connectivity index (χ0) is 23.6. The van der Waals surface area contributed by atoms with E-state index in [-0.39, 0.29) is 0 Å². The molecule has 0 heterocycles. The number of allylic oxidation sites excluding steroid dienone is 2. The van der Waals surface area contributed by atoms with Crippen molar-refractivity contribution in [2.45, 2.75) is 25.2 Å². The summed E-state index contributed by atoms with van der Waals surface area (Å²) in [7, 11) is 0. The fourth-order valence-electron chi connectivity index (χ4n) is 6.99. The van der Waals surface area contributed by atoms with E-state index in [4.69, 9.17) is 0 Å². The summed E-state index contributed by atoms with van der Waals surface area (Å²) in [4.78, 5) is 0. The van der Waals surface area contributed by atoms with Gasteiger partial charge in [0.05, 0.1) is 0 Å². The summed E-state index contributed by atoms with van der Waals surface area (Å²) >= 11 is 0. The minimum absolute atomic E-state index is 0.427. The van der Waals surface area contributed by atoms with Crippen molar-refractivity contribution < 1.29 is 0 Å². The van der Waals surface area contributed by atoms with E-state index in [0.717, 1.165) is 19.3 Å². The molecule has 3 aliphatic rings. The smallest absolute Gasteiger partial charge is 0.0105 e. The van der Waals surface area contributed by atoms with E-state index in [1.54, 1.807) is 0 Å². The normalized spacial score (nSPS) is 16.2. The van der Waals surface area contributed by atoms with Crippen molar-refractivity contribution in [2.75, 3.05) is 0 Å². The molecule has 5 aromatic rings. The fourth-order valence-corrected chi connectivity index (χ4v) is 6.99. The number of hydrogen-bond donors (Lipinski definition) is 0. The van der Waals surface area contributed by atoms with Crippen LogP contribution in [0, 0.1) is 10.4 Å². The first kappa shape index (κ1) is 20.1. The third-order valence-electron chi connectivity index (χ3n) is 8.54. The van der Waals surface area contributed by atoms with Crippen LogP contribution >= 0.6 is 0 Å². The van der Waals surface area contributed by atoms with Gasteiger partial charge < -0.3 is 0 Å². The first-order valence-corrected chi connectivity index (χ1v) is 13.1. The van der Waals surface area contributed by atoms with Crippen molar-refractivity contribution in [1.29, 1.82) is 0 Å². The van der Waals surface area contributed by atoms with Crippen molar-refractivity contribution in [3.63, 3.8) is 0 Å². The Bertz CT molecular complexity index is 1970. The molecule has 0 aromatic heterocycles. The lowest BCUT2D eigenvalue weighted by Gasteiger charge is -2.16. The maximum atomic E-state index is 2.39. The lowest BCUT2D eigenvalue weighted by Crippen LogP contribution is -2.14. The average Bonchev–Trinajstić information content (AvgIpc) is 3.44. The van der Waals surface area contributed by atoms with Gasteiger partial charge >= 0.3 is 0 Å². The molecule has 0 bridgehead atoms. The van der Waals surface area contributed by atoms with Crippen LogP contribution < -0.4 is 10.4 Å². The van der Waals surface area contributed by atoms with E-state index in [9.17, 15) is 0 Å². The molecular weight excluding hydrogens is 432 g/mol. The summed E-state index contributed by atoms with van der Waals surface area (Å²) in [5, 5.41) is 8.40. The molecule has 5 aromatic carbocycles. The maximum Gasteiger partial charge on any atom is 0.0105 e. The highest BCUT2D eigenvalue weighted by Crippen LogP contribution is 2.50. The molecule has 0 fully saturated rings. The number of fused-ring (bicyclic) bond motifs is 9. The molecule has 0 N–H and O–H groups in total. The lowest BCUT2D eigenvalue weighted by molar-refractivity contribution is 0.751.